The van der Waals surface area contributed by atoms with Crippen LogP contribution in [0.5, 0.6) is 0 Å². The Labute approximate surface area is 100 Å². The minimum absolute atomic E-state index is 0.724. The van der Waals surface area contributed by atoms with Crippen molar-refractivity contribution in [3.8, 4) is 0 Å². The standard InChI is InChI=1S/C13H14N4/c14-11-4-1-3-10-5-8-17(13(10)11)9-12-15-6-2-7-16-12/h1-4,6-7H,5,8-9,14H2. The zero-order chi connectivity index (χ0) is 11.7. The monoisotopic (exact) mass is 226 g/mol. The first kappa shape index (κ1) is 10.1. The molecule has 2 N–H and O–H groups in total. The van der Waals surface area contributed by atoms with Crippen LogP contribution in [-0.4, -0.2) is 16.5 Å². The van der Waals surface area contributed by atoms with Crippen LogP contribution in [0.3, 0.4) is 0 Å². The lowest BCUT2D eigenvalue weighted by atomic mass is 10.1. The maximum atomic E-state index is 6.03. The molecule has 86 valence electrons. The quantitative estimate of drug-likeness (QED) is 0.791. The zero-order valence-corrected chi connectivity index (χ0v) is 9.50. The molecule has 4 nitrogen and oxygen atoms in total. The fraction of sp³-hybridized carbons (Fsp3) is 0.231. The molecule has 2 aromatic rings. The van der Waals surface area contributed by atoms with Crippen molar-refractivity contribution in [3.63, 3.8) is 0 Å². The highest BCUT2D eigenvalue weighted by molar-refractivity contribution is 5.74. The lowest BCUT2D eigenvalue weighted by molar-refractivity contribution is 0.785. The molecule has 0 atom stereocenters. The molecular formula is C13H14N4. The Hall–Kier alpha value is -2.10. The van der Waals surface area contributed by atoms with Gasteiger partial charge in [0.2, 0.25) is 0 Å². The van der Waals surface area contributed by atoms with Gasteiger partial charge in [0.1, 0.15) is 5.82 Å². The molecule has 1 aliphatic heterocycles. The number of rotatable bonds is 2. The minimum atomic E-state index is 0.724. The van der Waals surface area contributed by atoms with Gasteiger partial charge in [-0.15, -0.1) is 0 Å². The second-order valence-corrected chi connectivity index (χ2v) is 4.19. The minimum Gasteiger partial charge on any atom is -0.397 e. The highest BCUT2D eigenvalue weighted by atomic mass is 15.2. The number of para-hydroxylation sites is 1. The van der Waals surface area contributed by atoms with Crippen LogP contribution in [0, 0.1) is 0 Å². The third-order valence-corrected chi connectivity index (χ3v) is 3.07. The number of hydrogen-bond donors (Lipinski definition) is 1. The van der Waals surface area contributed by atoms with E-state index in [9.17, 15) is 0 Å². The van der Waals surface area contributed by atoms with Gasteiger partial charge >= 0.3 is 0 Å². The molecule has 1 aliphatic rings. The van der Waals surface area contributed by atoms with Crippen LogP contribution >= 0.6 is 0 Å². The number of nitrogens with two attached hydrogens (primary N) is 1. The fourth-order valence-corrected chi connectivity index (χ4v) is 2.31. The van der Waals surface area contributed by atoms with Crippen LogP contribution in [0.2, 0.25) is 0 Å². The predicted molar refractivity (Wildman–Crippen MR) is 67.6 cm³/mol. The maximum absolute atomic E-state index is 6.03. The number of anilines is 2. The average Bonchev–Trinajstić information content (AvgIpc) is 2.75. The Morgan fingerprint density at radius 3 is 2.82 bits per heavy atom. The zero-order valence-electron chi connectivity index (χ0n) is 9.50. The van der Waals surface area contributed by atoms with Gasteiger partial charge in [-0.3, -0.25) is 0 Å². The van der Waals surface area contributed by atoms with E-state index in [2.05, 4.69) is 20.9 Å². The molecule has 0 bridgehead atoms. The predicted octanol–water partition coefficient (Wildman–Crippen LogP) is 1.62. The maximum Gasteiger partial charge on any atom is 0.147 e. The Balaban J connectivity index is 1.89. The third kappa shape index (κ3) is 1.82. The number of hydrogen-bond acceptors (Lipinski definition) is 4. The van der Waals surface area contributed by atoms with E-state index < -0.39 is 0 Å². The van der Waals surface area contributed by atoms with Crippen molar-refractivity contribution in [3.05, 3.63) is 48.0 Å². The van der Waals surface area contributed by atoms with Gasteiger partial charge in [-0.2, -0.15) is 0 Å². The largest absolute Gasteiger partial charge is 0.397 e. The summed E-state index contributed by atoms with van der Waals surface area (Å²) in [5.74, 6) is 0.837. The highest BCUT2D eigenvalue weighted by Crippen LogP contribution is 2.34. The molecule has 4 heteroatoms. The second-order valence-electron chi connectivity index (χ2n) is 4.19. The van der Waals surface area contributed by atoms with Gasteiger partial charge in [-0.25, -0.2) is 9.97 Å². The topological polar surface area (TPSA) is 55.0 Å². The smallest absolute Gasteiger partial charge is 0.147 e. The molecule has 0 spiro atoms. The highest BCUT2D eigenvalue weighted by Gasteiger charge is 2.21. The molecular weight excluding hydrogens is 212 g/mol. The third-order valence-electron chi connectivity index (χ3n) is 3.07. The van der Waals surface area contributed by atoms with Gasteiger partial charge < -0.3 is 10.6 Å². The number of benzene rings is 1. The first-order chi connectivity index (χ1) is 8.34. The lowest BCUT2D eigenvalue weighted by Gasteiger charge is -2.19. The molecule has 17 heavy (non-hydrogen) atoms. The van der Waals surface area contributed by atoms with Gasteiger partial charge in [0.25, 0.3) is 0 Å². The van der Waals surface area contributed by atoms with Crippen LogP contribution in [0.4, 0.5) is 11.4 Å². The average molecular weight is 226 g/mol. The van der Waals surface area contributed by atoms with Crippen molar-refractivity contribution in [2.75, 3.05) is 17.2 Å². The summed E-state index contributed by atoms with van der Waals surface area (Å²) in [4.78, 5) is 10.8. The van der Waals surface area contributed by atoms with E-state index in [1.54, 1.807) is 12.4 Å². The molecule has 0 saturated heterocycles. The Morgan fingerprint density at radius 2 is 2.00 bits per heavy atom. The number of aromatic nitrogens is 2. The lowest BCUT2D eigenvalue weighted by Crippen LogP contribution is -2.21. The summed E-state index contributed by atoms with van der Waals surface area (Å²) in [6.07, 6.45) is 4.59. The SMILES string of the molecule is Nc1cccc2c1N(Cc1ncccn1)CC2. The summed E-state index contributed by atoms with van der Waals surface area (Å²) in [5, 5.41) is 0. The van der Waals surface area contributed by atoms with Crippen molar-refractivity contribution in [1.82, 2.24) is 9.97 Å². The molecule has 1 aromatic carbocycles. The van der Waals surface area contributed by atoms with Crippen molar-refractivity contribution in [2.45, 2.75) is 13.0 Å². The molecule has 0 aliphatic carbocycles. The van der Waals surface area contributed by atoms with Crippen LogP contribution in [0.15, 0.2) is 36.7 Å². The summed E-state index contributed by atoms with van der Waals surface area (Å²) in [5.41, 5.74) is 9.35. The molecule has 0 saturated carbocycles. The van der Waals surface area contributed by atoms with Crippen LogP contribution in [0.1, 0.15) is 11.4 Å². The van der Waals surface area contributed by atoms with Crippen molar-refractivity contribution >= 4 is 11.4 Å². The van der Waals surface area contributed by atoms with Crippen LogP contribution in [0.25, 0.3) is 0 Å². The summed E-state index contributed by atoms with van der Waals surface area (Å²) < 4.78 is 0. The van der Waals surface area contributed by atoms with E-state index in [0.29, 0.717) is 0 Å². The van der Waals surface area contributed by atoms with E-state index >= 15 is 0 Å². The van der Waals surface area contributed by atoms with Crippen LogP contribution in [-0.2, 0) is 13.0 Å². The van der Waals surface area contributed by atoms with E-state index in [1.165, 1.54) is 5.56 Å². The van der Waals surface area contributed by atoms with Gasteiger partial charge in [-0.05, 0) is 24.1 Å². The van der Waals surface area contributed by atoms with Crippen LogP contribution < -0.4 is 10.6 Å². The van der Waals surface area contributed by atoms with E-state index in [-0.39, 0.29) is 0 Å². The molecule has 0 radical (unpaired) electrons. The normalized spacial score (nSPS) is 13.8. The van der Waals surface area contributed by atoms with Crippen molar-refractivity contribution in [2.24, 2.45) is 0 Å². The molecule has 0 unspecified atom stereocenters. The number of nitrogen functional groups attached to an aromatic ring is 1. The number of fused-ring (bicyclic) bond motifs is 1. The first-order valence-electron chi connectivity index (χ1n) is 5.73. The molecule has 0 amide bonds. The summed E-state index contributed by atoms with van der Waals surface area (Å²) in [6, 6.07) is 7.92. The fourth-order valence-electron chi connectivity index (χ4n) is 2.31. The molecule has 1 aromatic heterocycles. The molecule has 0 fully saturated rings. The van der Waals surface area contributed by atoms with E-state index in [0.717, 1.165) is 36.7 Å². The Kier molecular flexibility index (Phi) is 2.40. The number of nitrogens with zero attached hydrogens (tertiary/aromatic N) is 3. The molecule has 2 heterocycles. The molecule has 3 rings (SSSR count). The van der Waals surface area contributed by atoms with Crippen molar-refractivity contribution in [1.29, 1.82) is 0 Å². The van der Waals surface area contributed by atoms with Gasteiger partial charge in [-0.1, -0.05) is 12.1 Å². The van der Waals surface area contributed by atoms with Gasteiger partial charge in [0.15, 0.2) is 0 Å². The first-order valence-corrected chi connectivity index (χ1v) is 5.73. The van der Waals surface area contributed by atoms with Gasteiger partial charge in [0, 0.05) is 18.9 Å². The van der Waals surface area contributed by atoms with Crippen molar-refractivity contribution < 1.29 is 0 Å². The second kappa shape index (κ2) is 4.05. The van der Waals surface area contributed by atoms with Gasteiger partial charge in [0.05, 0.1) is 17.9 Å². The Bertz CT molecular complexity index is 524. The van der Waals surface area contributed by atoms with E-state index in [4.69, 9.17) is 5.73 Å². The summed E-state index contributed by atoms with van der Waals surface area (Å²) in [7, 11) is 0. The summed E-state index contributed by atoms with van der Waals surface area (Å²) >= 11 is 0. The Morgan fingerprint density at radius 1 is 1.18 bits per heavy atom. The van der Waals surface area contributed by atoms with E-state index in [1.807, 2.05) is 18.2 Å². The summed E-state index contributed by atoms with van der Waals surface area (Å²) in [6.45, 7) is 1.71.